The molecule has 3 aromatic heterocycles. The van der Waals surface area contributed by atoms with E-state index in [1.807, 2.05) is 54.2 Å². The highest BCUT2D eigenvalue weighted by Gasteiger charge is 2.31. The number of likely N-dealkylation sites (N-methyl/N-ethyl adjacent to an activating group) is 1. The standard InChI is InChI=1S/C23H25N9O2/c1-3-30-14-17(12-25-30)19-11-20-29(2)23(34)18(9-10-32(20)27-19)26-22(33)21-24-15-31(28-21)13-16-7-5-4-6-8-16/h4-8,11-12,14-15,18H,3,9-10,13H2,1-2H3,(H,26,33). The van der Waals surface area contributed by atoms with Gasteiger partial charge in [0.05, 0.1) is 18.4 Å². The number of aromatic nitrogens is 7. The van der Waals surface area contributed by atoms with Gasteiger partial charge in [-0.15, -0.1) is 5.10 Å². The lowest BCUT2D eigenvalue weighted by atomic mass is 10.2. The Hall–Kier alpha value is -4.28. The zero-order valence-corrected chi connectivity index (χ0v) is 19.0. The fraction of sp³-hybridized carbons (Fsp3) is 0.304. The number of carbonyl (C=O) groups is 2. The lowest BCUT2D eigenvalue weighted by Gasteiger charge is -2.19. The number of hydrogen-bond acceptors (Lipinski definition) is 6. The molecule has 0 saturated carbocycles. The molecule has 34 heavy (non-hydrogen) atoms. The first kappa shape index (κ1) is 21.6. The van der Waals surface area contributed by atoms with Gasteiger partial charge in [-0.05, 0) is 18.9 Å². The smallest absolute Gasteiger partial charge is 0.291 e. The van der Waals surface area contributed by atoms with Crippen LogP contribution in [0, 0.1) is 0 Å². The van der Waals surface area contributed by atoms with Gasteiger partial charge in [0.2, 0.25) is 5.82 Å². The van der Waals surface area contributed by atoms with Gasteiger partial charge in [0.25, 0.3) is 11.8 Å². The van der Waals surface area contributed by atoms with Gasteiger partial charge in [-0.3, -0.25) is 19.2 Å². The van der Waals surface area contributed by atoms with Crippen molar-refractivity contribution < 1.29 is 9.59 Å². The average Bonchev–Trinajstić information content (AvgIpc) is 3.59. The van der Waals surface area contributed by atoms with Crippen LogP contribution in [0.4, 0.5) is 5.82 Å². The first-order valence-electron chi connectivity index (χ1n) is 11.1. The van der Waals surface area contributed by atoms with E-state index in [0.29, 0.717) is 25.3 Å². The van der Waals surface area contributed by atoms with Crippen LogP contribution in [-0.4, -0.2) is 59.2 Å². The molecule has 1 aromatic carbocycles. The topological polar surface area (TPSA) is 116 Å². The third kappa shape index (κ3) is 4.19. The van der Waals surface area contributed by atoms with Crippen LogP contribution in [0.15, 0.2) is 55.1 Å². The van der Waals surface area contributed by atoms with Crippen LogP contribution in [0.3, 0.4) is 0 Å². The van der Waals surface area contributed by atoms with Crippen LogP contribution in [0.25, 0.3) is 11.3 Å². The highest BCUT2D eigenvalue weighted by atomic mass is 16.2. The third-order valence-electron chi connectivity index (χ3n) is 5.85. The molecule has 0 radical (unpaired) electrons. The number of amides is 2. The van der Waals surface area contributed by atoms with E-state index >= 15 is 0 Å². The number of nitrogens with zero attached hydrogens (tertiary/aromatic N) is 8. The number of carbonyl (C=O) groups excluding carboxylic acids is 2. The van der Waals surface area contributed by atoms with E-state index in [4.69, 9.17) is 0 Å². The molecule has 1 N–H and O–H groups in total. The van der Waals surface area contributed by atoms with E-state index in [2.05, 4.69) is 25.6 Å². The molecule has 2 amide bonds. The van der Waals surface area contributed by atoms with Gasteiger partial charge < -0.3 is 5.32 Å². The van der Waals surface area contributed by atoms with Gasteiger partial charge in [-0.25, -0.2) is 14.3 Å². The highest BCUT2D eigenvalue weighted by Crippen LogP contribution is 2.26. The summed E-state index contributed by atoms with van der Waals surface area (Å²) in [6.45, 7) is 3.77. The van der Waals surface area contributed by atoms with Gasteiger partial charge in [0.1, 0.15) is 18.2 Å². The first-order valence-corrected chi connectivity index (χ1v) is 11.1. The quantitative estimate of drug-likeness (QED) is 0.468. The predicted octanol–water partition coefficient (Wildman–Crippen LogP) is 1.57. The van der Waals surface area contributed by atoms with Gasteiger partial charge in [0.15, 0.2) is 0 Å². The SMILES string of the molecule is CCn1cc(-c2cc3n(n2)CCC(NC(=O)c2ncn(Cc4ccccc4)n2)C(=O)N3C)cn1. The molecule has 0 spiro atoms. The zero-order chi connectivity index (χ0) is 23.7. The predicted molar refractivity (Wildman–Crippen MR) is 124 cm³/mol. The molecule has 5 rings (SSSR count). The summed E-state index contributed by atoms with van der Waals surface area (Å²) in [4.78, 5) is 31.5. The number of aryl methyl sites for hydroxylation is 2. The number of fused-ring (bicyclic) bond motifs is 1. The maximum Gasteiger partial charge on any atom is 0.291 e. The van der Waals surface area contributed by atoms with Gasteiger partial charge >= 0.3 is 0 Å². The van der Waals surface area contributed by atoms with Crippen LogP contribution in [0.2, 0.25) is 0 Å². The second-order valence-corrected chi connectivity index (χ2v) is 8.16. The Labute approximate surface area is 196 Å². The zero-order valence-electron chi connectivity index (χ0n) is 19.0. The first-order chi connectivity index (χ1) is 16.5. The number of benzene rings is 1. The number of hydrogen-bond donors (Lipinski definition) is 1. The van der Waals surface area contributed by atoms with Crippen molar-refractivity contribution in [2.24, 2.45) is 0 Å². The minimum atomic E-state index is -0.702. The summed E-state index contributed by atoms with van der Waals surface area (Å²) in [5, 5.41) is 16.0. The fourth-order valence-corrected chi connectivity index (χ4v) is 3.97. The van der Waals surface area contributed by atoms with Crippen molar-refractivity contribution in [3.05, 3.63) is 66.5 Å². The van der Waals surface area contributed by atoms with E-state index in [-0.39, 0.29) is 11.7 Å². The summed E-state index contributed by atoms with van der Waals surface area (Å²) in [5.41, 5.74) is 2.70. The molecule has 4 aromatic rings. The fourth-order valence-electron chi connectivity index (χ4n) is 3.97. The van der Waals surface area contributed by atoms with Crippen molar-refractivity contribution in [3.63, 3.8) is 0 Å². The van der Waals surface area contributed by atoms with Gasteiger partial charge in [0, 0.05) is 38.0 Å². The largest absolute Gasteiger partial charge is 0.337 e. The molecular formula is C23H25N9O2. The Morgan fingerprint density at radius 1 is 1.18 bits per heavy atom. The summed E-state index contributed by atoms with van der Waals surface area (Å²) >= 11 is 0. The lowest BCUT2D eigenvalue weighted by Crippen LogP contribution is -2.47. The lowest BCUT2D eigenvalue weighted by molar-refractivity contribution is -0.120. The Morgan fingerprint density at radius 2 is 2.00 bits per heavy atom. The summed E-state index contributed by atoms with van der Waals surface area (Å²) in [5.74, 6) is 0.00661. The molecule has 0 fully saturated rings. The van der Waals surface area contributed by atoms with E-state index in [9.17, 15) is 9.59 Å². The van der Waals surface area contributed by atoms with E-state index < -0.39 is 11.9 Å². The minimum absolute atomic E-state index is 0.0311. The monoisotopic (exact) mass is 459 g/mol. The molecule has 11 heteroatoms. The molecule has 1 aliphatic rings. The van der Waals surface area contributed by atoms with E-state index in [1.54, 1.807) is 22.6 Å². The third-order valence-corrected chi connectivity index (χ3v) is 5.85. The number of rotatable bonds is 6. The van der Waals surface area contributed by atoms with Crippen molar-refractivity contribution in [2.45, 2.75) is 39.0 Å². The van der Waals surface area contributed by atoms with Crippen molar-refractivity contribution in [1.82, 2.24) is 39.6 Å². The average molecular weight is 460 g/mol. The second kappa shape index (κ2) is 8.93. The Bertz CT molecular complexity index is 1320. The van der Waals surface area contributed by atoms with Gasteiger partial charge in [-0.2, -0.15) is 10.2 Å². The summed E-state index contributed by atoms with van der Waals surface area (Å²) in [7, 11) is 1.69. The number of anilines is 1. The Morgan fingerprint density at radius 3 is 2.76 bits per heavy atom. The van der Waals surface area contributed by atoms with E-state index in [0.717, 1.165) is 23.4 Å². The highest BCUT2D eigenvalue weighted by molar-refractivity contribution is 6.01. The van der Waals surface area contributed by atoms with Gasteiger partial charge in [-0.1, -0.05) is 30.3 Å². The molecule has 1 atom stereocenters. The molecule has 174 valence electrons. The molecule has 0 aliphatic carbocycles. The van der Waals surface area contributed by atoms with Crippen molar-refractivity contribution in [2.75, 3.05) is 11.9 Å². The maximum absolute atomic E-state index is 13.1. The second-order valence-electron chi connectivity index (χ2n) is 8.16. The van der Waals surface area contributed by atoms with Crippen molar-refractivity contribution in [1.29, 1.82) is 0 Å². The molecule has 1 aliphatic heterocycles. The summed E-state index contributed by atoms with van der Waals surface area (Å²) in [6, 6.07) is 11.0. The van der Waals surface area contributed by atoms with Crippen LogP contribution in [0.1, 0.15) is 29.5 Å². The minimum Gasteiger partial charge on any atom is -0.337 e. The molecule has 0 bridgehead atoms. The van der Waals surface area contributed by atoms with Crippen LogP contribution in [0.5, 0.6) is 0 Å². The molecule has 1 unspecified atom stereocenters. The summed E-state index contributed by atoms with van der Waals surface area (Å²) in [6.07, 6.45) is 5.61. The van der Waals surface area contributed by atoms with Crippen LogP contribution in [-0.2, 0) is 24.4 Å². The normalized spacial score (nSPS) is 15.8. The molecule has 11 nitrogen and oxygen atoms in total. The molecule has 4 heterocycles. The van der Waals surface area contributed by atoms with Crippen LogP contribution < -0.4 is 10.2 Å². The number of nitrogens with one attached hydrogen (secondary N) is 1. The van der Waals surface area contributed by atoms with Crippen LogP contribution >= 0.6 is 0 Å². The maximum atomic E-state index is 13.1. The Kier molecular flexibility index (Phi) is 5.66. The van der Waals surface area contributed by atoms with E-state index in [1.165, 1.54) is 11.2 Å². The Balaban J connectivity index is 1.27. The molecular weight excluding hydrogens is 434 g/mol. The molecule has 0 saturated heterocycles. The summed E-state index contributed by atoms with van der Waals surface area (Å²) < 4.78 is 5.22. The van der Waals surface area contributed by atoms with Crippen molar-refractivity contribution in [3.8, 4) is 11.3 Å². The van der Waals surface area contributed by atoms with Crippen molar-refractivity contribution >= 4 is 17.6 Å².